The van der Waals surface area contributed by atoms with Crippen molar-refractivity contribution in [2.24, 2.45) is 5.73 Å². The highest BCUT2D eigenvalue weighted by Crippen LogP contribution is 2.32. The first-order valence-electron chi connectivity index (χ1n) is 10.1. The zero-order chi connectivity index (χ0) is 22.8. The molecule has 12 nitrogen and oxygen atoms in total. The third-order valence-electron chi connectivity index (χ3n) is 5.22. The van der Waals surface area contributed by atoms with Crippen molar-refractivity contribution in [1.82, 2.24) is 19.5 Å². The Kier molecular flexibility index (Phi) is 6.30. The average molecular weight is 443 g/mol. The van der Waals surface area contributed by atoms with Crippen LogP contribution in [0.5, 0.6) is 0 Å². The number of benzene rings is 1. The molecule has 0 spiro atoms. The van der Waals surface area contributed by atoms with E-state index in [2.05, 4.69) is 25.6 Å². The van der Waals surface area contributed by atoms with Crippen molar-refractivity contribution >= 4 is 28.6 Å². The maximum Gasteiger partial charge on any atom is 0.240 e. The van der Waals surface area contributed by atoms with E-state index in [1.807, 2.05) is 18.2 Å². The molecule has 12 heteroatoms. The highest BCUT2D eigenvalue weighted by Gasteiger charge is 2.44. The molecule has 0 saturated carbocycles. The Morgan fingerprint density at radius 1 is 1.28 bits per heavy atom. The summed E-state index contributed by atoms with van der Waals surface area (Å²) >= 11 is 0. The minimum absolute atomic E-state index is 0.275. The molecule has 1 aliphatic heterocycles. The van der Waals surface area contributed by atoms with Crippen LogP contribution in [0, 0.1) is 0 Å². The number of hydrogen-bond donors (Lipinski definition) is 6. The van der Waals surface area contributed by atoms with Crippen LogP contribution in [0.4, 0.5) is 11.5 Å². The van der Waals surface area contributed by atoms with Crippen molar-refractivity contribution in [2.45, 2.75) is 44.1 Å². The number of rotatable bonds is 7. The molecule has 1 saturated heterocycles. The summed E-state index contributed by atoms with van der Waals surface area (Å²) in [6.07, 6.45) is -1.53. The number of hydrogen-bond acceptors (Lipinski definition) is 10. The van der Waals surface area contributed by atoms with Gasteiger partial charge in [0.15, 0.2) is 23.2 Å². The standard InChI is InChI=1S/C20H25N7O5/c1-10(21)19(31)26-12-4-2-3-11(5-12)6-22-17-14-18(24-8-23-17)27(9-25-14)20-16(30)15(29)13(7-28)32-20/h2-5,8-10,13,15-16,20,28-30H,6-7,21H2,1H3,(H,26,31)(H,22,23,24)/t10-,13-,15-,16-,20-/m1/s1. The molecule has 4 rings (SSSR count). The largest absolute Gasteiger partial charge is 0.394 e. The van der Waals surface area contributed by atoms with Gasteiger partial charge in [0.05, 0.1) is 19.0 Å². The number of aliphatic hydroxyl groups excluding tert-OH is 3. The second-order valence-corrected chi connectivity index (χ2v) is 7.61. The SMILES string of the molecule is C[C@@H](N)C(=O)Nc1cccc(CNc2ncnc3c2ncn3[C@@H]2O[C@H](CO)[C@@H](O)[C@H]2O)c1. The van der Waals surface area contributed by atoms with Crippen LogP contribution in [0.2, 0.25) is 0 Å². The molecule has 3 heterocycles. The van der Waals surface area contributed by atoms with Gasteiger partial charge in [0.25, 0.3) is 0 Å². The maximum absolute atomic E-state index is 11.8. The van der Waals surface area contributed by atoms with E-state index in [4.69, 9.17) is 10.5 Å². The van der Waals surface area contributed by atoms with Crippen molar-refractivity contribution in [1.29, 1.82) is 0 Å². The van der Waals surface area contributed by atoms with Crippen molar-refractivity contribution in [3.05, 3.63) is 42.5 Å². The first kappa shape index (κ1) is 22.0. The lowest BCUT2D eigenvalue weighted by Gasteiger charge is -2.16. The summed E-state index contributed by atoms with van der Waals surface area (Å²) < 4.78 is 7.06. The van der Waals surface area contributed by atoms with Crippen molar-refractivity contribution in [2.75, 3.05) is 17.2 Å². The molecule has 2 aromatic heterocycles. The second kappa shape index (κ2) is 9.14. The van der Waals surface area contributed by atoms with Crippen LogP contribution in [0.25, 0.3) is 11.2 Å². The van der Waals surface area contributed by atoms with Crippen molar-refractivity contribution in [3.63, 3.8) is 0 Å². The number of carbonyl (C=O) groups excluding carboxylic acids is 1. The van der Waals surface area contributed by atoms with E-state index < -0.39 is 37.2 Å². The Hall–Kier alpha value is -3.16. The summed E-state index contributed by atoms with van der Waals surface area (Å²) in [6, 6.07) is 6.70. The van der Waals surface area contributed by atoms with Crippen LogP contribution >= 0.6 is 0 Å². The lowest BCUT2D eigenvalue weighted by atomic mass is 10.1. The second-order valence-electron chi connectivity index (χ2n) is 7.61. The molecule has 32 heavy (non-hydrogen) atoms. The molecule has 1 amide bonds. The van der Waals surface area contributed by atoms with Gasteiger partial charge in [0, 0.05) is 12.2 Å². The number of fused-ring (bicyclic) bond motifs is 1. The normalized spacial score (nSPS) is 23.9. The van der Waals surface area contributed by atoms with E-state index >= 15 is 0 Å². The number of carbonyl (C=O) groups is 1. The third-order valence-corrected chi connectivity index (χ3v) is 5.22. The fourth-order valence-corrected chi connectivity index (χ4v) is 3.48. The summed E-state index contributed by atoms with van der Waals surface area (Å²) in [5, 5.41) is 35.6. The van der Waals surface area contributed by atoms with Gasteiger partial charge in [0.2, 0.25) is 5.91 Å². The van der Waals surface area contributed by atoms with E-state index in [9.17, 15) is 20.1 Å². The predicted octanol–water partition coefficient (Wildman–Crippen LogP) is -0.664. The topological polar surface area (TPSA) is 181 Å². The van der Waals surface area contributed by atoms with Gasteiger partial charge in [-0.25, -0.2) is 15.0 Å². The Morgan fingerprint density at radius 2 is 2.09 bits per heavy atom. The zero-order valence-electron chi connectivity index (χ0n) is 17.3. The lowest BCUT2D eigenvalue weighted by molar-refractivity contribution is -0.117. The van der Waals surface area contributed by atoms with Crippen LogP contribution in [0.1, 0.15) is 18.7 Å². The van der Waals surface area contributed by atoms with E-state index in [-0.39, 0.29) is 5.91 Å². The molecule has 5 atom stereocenters. The molecule has 1 aromatic carbocycles. The molecule has 7 N–H and O–H groups in total. The van der Waals surface area contributed by atoms with Crippen LogP contribution < -0.4 is 16.4 Å². The molecule has 1 aliphatic rings. The van der Waals surface area contributed by atoms with Crippen LogP contribution in [0.3, 0.4) is 0 Å². The van der Waals surface area contributed by atoms with Gasteiger partial charge in [-0.1, -0.05) is 12.1 Å². The minimum atomic E-state index is -1.25. The number of aromatic nitrogens is 4. The van der Waals surface area contributed by atoms with Crippen molar-refractivity contribution in [3.8, 4) is 0 Å². The van der Waals surface area contributed by atoms with E-state index in [0.717, 1.165) is 5.56 Å². The zero-order valence-corrected chi connectivity index (χ0v) is 17.3. The van der Waals surface area contributed by atoms with Gasteiger partial charge >= 0.3 is 0 Å². The Labute approximate surface area is 183 Å². The molecule has 0 bridgehead atoms. The first-order chi connectivity index (χ1) is 15.4. The van der Waals surface area contributed by atoms with Crippen molar-refractivity contribution < 1.29 is 24.9 Å². The average Bonchev–Trinajstić information content (AvgIpc) is 3.33. The quantitative estimate of drug-likeness (QED) is 0.274. The van der Waals surface area contributed by atoms with Gasteiger partial charge in [-0.3, -0.25) is 9.36 Å². The van der Waals surface area contributed by atoms with E-state index in [1.54, 1.807) is 13.0 Å². The number of aliphatic hydroxyl groups is 3. The van der Waals surface area contributed by atoms with Gasteiger partial charge in [-0.2, -0.15) is 0 Å². The highest BCUT2D eigenvalue weighted by molar-refractivity contribution is 5.94. The Balaban J connectivity index is 1.51. The Morgan fingerprint density at radius 3 is 2.81 bits per heavy atom. The molecule has 0 radical (unpaired) electrons. The van der Waals surface area contributed by atoms with Gasteiger partial charge in [-0.15, -0.1) is 0 Å². The minimum Gasteiger partial charge on any atom is -0.394 e. The fraction of sp³-hybridized carbons (Fsp3) is 0.400. The van der Waals surface area contributed by atoms with E-state index in [0.29, 0.717) is 29.2 Å². The van der Waals surface area contributed by atoms with Crippen LogP contribution in [-0.4, -0.2) is 71.7 Å². The monoisotopic (exact) mass is 443 g/mol. The number of nitrogens with one attached hydrogen (secondary N) is 2. The number of ether oxygens (including phenoxy) is 1. The summed E-state index contributed by atoms with van der Waals surface area (Å²) in [5.74, 6) is 0.188. The highest BCUT2D eigenvalue weighted by atomic mass is 16.6. The van der Waals surface area contributed by atoms with Crippen LogP contribution in [0.15, 0.2) is 36.9 Å². The van der Waals surface area contributed by atoms with Gasteiger partial charge < -0.3 is 36.4 Å². The van der Waals surface area contributed by atoms with Crippen LogP contribution in [-0.2, 0) is 16.1 Å². The van der Waals surface area contributed by atoms with Gasteiger partial charge in [-0.05, 0) is 24.6 Å². The number of nitrogens with two attached hydrogens (primary N) is 1. The summed E-state index contributed by atoms with van der Waals surface area (Å²) in [6.45, 7) is 1.59. The fourth-order valence-electron chi connectivity index (χ4n) is 3.48. The summed E-state index contributed by atoms with van der Waals surface area (Å²) in [4.78, 5) is 24.6. The molecule has 1 fully saturated rings. The molecule has 170 valence electrons. The molecular weight excluding hydrogens is 418 g/mol. The molecular formula is C20H25N7O5. The number of imidazole rings is 1. The smallest absolute Gasteiger partial charge is 0.240 e. The first-order valence-corrected chi connectivity index (χ1v) is 10.1. The summed E-state index contributed by atoms with van der Waals surface area (Å²) in [5.41, 5.74) is 7.96. The molecule has 3 aromatic rings. The predicted molar refractivity (Wildman–Crippen MR) is 114 cm³/mol. The number of anilines is 2. The maximum atomic E-state index is 11.8. The molecule has 0 aliphatic carbocycles. The molecule has 0 unspecified atom stereocenters. The summed E-state index contributed by atoms with van der Waals surface area (Å²) in [7, 11) is 0. The third kappa shape index (κ3) is 4.26. The van der Waals surface area contributed by atoms with E-state index in [1.165, 1.54) is 17.2 Å². The number of amides is 1. The Bertz CT molecular complexity index is 1100. The number of nitrogens with zero attached hydrogens (tertiary/aromatic N) is 4. The lowest BCUT2D eigenvalue weighted by Crippen LogP contribution is -2.33. The van der Waals surface area contributed by atoms with Gasteiger partial charge in [0.1, 0.15) is 24.6 Å².